The van der Waals surface area contributed by atoms with Gasteiger partial charge in [0.25, 0.3) is 0 Å². The number of allylic oxidation sites excluding steroid dienone is 1. The number of fused-ring (bicyclic) bond motifs is 1. The van der Waals surface area contributed by atoms with Gasteiger partial charge < -0.3 is 20.6 Å². The number of hydrogen-bond donors (Lipinski definition) is 3. The van der Waals surface area contributed by atoms with Gasteiger partial charge >= 0.3 is 0 Å². The molecule has 2 rings (SSSR count). The zero-order valence-corrected chi connectivity index (χ0v) is 18.6. The summed E-state index contributed by atoms with van der Waals surface area (Å²) in [6, 6.07) is -1.18. The predicted molar refractivity (Wildman–Crippen MR) is 112 cm³/mol. The maximum absolute atomic E-state index is 13.6. The number of nitrogens with zero attached hydrogens (tertiary/aromatic N) is 1. The minimum Gasteiger partial charge on any atom is -0.394 e. The number of likely N-dealkylation sites (tertiary alicyclic amines) is 1. The molecule has 0 aromatic rings. The predicted octanol–water partition coefficient (Wildman–Crippen LogP) is 1.46. The van der Waals surface area contributed by atoms with Crippen molar-refractivity contribution in [1.82, 2.24) is 15.5 Å². The van der Waals surface area contributed by atoms with Gasteiger partial charge in [0.15, 0.2) is 0 Å². The van der Waals surface area contributed by atoms with Crippen molar-refractivity contribution in [3.8, 4) is 0 Å². The second-order valence-corrected chi connectivity index (χ2v) is 9.25. The first kappa shape index (κ1) is 23.4. The summed E-state index contributed by atoms with van der Waals surface area (Å²) >= 11 is 0. The molecule has 0 bridgehead atoms. The van der Waals surface area contributed by atoms with Crippen molar-refractivity contribution in [2.75, 3.05) is 13.7 Å². The van der Waals surface area contributed by atoms with E-state index >= 15 is 0 Å². The lowest BCUT2D eigenvalue weighted by molar-refractivity contribution is -0.143. The largest absolute Gasteiger partial charge is 0.394 e. The van der Waals surface area contributed by atoms with E-state index in [0.717, 1.165) is 12.8 Å². The molecule has 7 heteroatoms. The van der Waals surface area contributed by atoms with Gasteiger partial charge in [-0.05, 0) is 39.5 Å². The van der Waals surface area contributed by atoms with Crippen LogP contribution in [0.15, 0.2) is 12.2 Å². The van der Waals surface area contributed by atoms with Crippen LogP contribution in [0.1, 0.15) is 53.9 Å². The normalized spacial score (nSPS) is 30.1. The average Bonchev–Trinajstić information content (AvgIpc) is 2.94. The van der Waals surface area contributed by atoms with Crippen molar-refractivity contribution in [3.63, 3.8) is 0 Å². The van der Waals surface area contributed by atoms with E-state index in [1.807, 2.05) is 39.8 Å². The summed E-state index contributed by atoms with van der Waals surface area (Å²) < 4.78 is 0. The minimum absolute atomic E-state index is 0.0365. The first-order valence-corrected chi connectivity index (χ1v) is 10.8. The van der Waals surface area contributed by atoms with Gasteiger partial charge in [0.1, 0.15) is 6.04 Å². The van der Waals surface area contributed by atoms with Crippen molar-refractivity contribution in [2.45, 2.75) is 71.5 Å². The fourth-order valence-electron chi connectivity index (χ4n) is 4.83. The van der Waals surface area contributed by atoms with Crippen LogP contribution in [0.25, 0.3) is 0 Å². The van der Waals surface area contributed by atoms with E-state index in [1.165, 1.54) is 0 Å². The molecule has 164 valence electrons. The highest BCUT2D eigenvalue weighted by Crippen LogP contribution is 2.46. The summed E-state index contributed by atoms with van der Waals surface area (Å²) in [5.74, 6) is -2.12. The number of carbonyl (C=O) groups is 3. The molecule has 0 spiro atoms. The summed E-state index contributed by atoms with van der Waals surface area (Å²) in [5.41, 5.74) is -0.450. The van der Waals surface area contributed by atoms with Crippen molar-refractivity contribution in [3.05, 3.63) is 12.2 Å². The summed E-state index contributed by atoms with van der Waals surface area (Å²) in [6.07, 6.45) is 6.22. The fourth-order valence-corrected chi connectivity index (χ4v) is 4.83. The topological polar surface area (TPSA) is 98.7 Å². The van der Waals surface area contributed by atoms with Gasteiger partial charge in [0, 0.05) is 18.5 Å². The Bertz CT molecular complexity index is 651. The molecule has 1 fully saturated rings. The Labute approximate surface area is 174 Å². The first-order chi connectivity index (χ1) is 13.6. The lowest BCUT2D eigenvalue weighted by atomic mass is 9.68. The van der Waals surface area contributed by atoms with Crippen molar-refractivity contribution in [1.29, 1.82) is 0 Å². The lowest BCUT2D eigenvalue weighted by Gasteiger charge is -2.35. The van der Waals surface area contributed by atoms with Crippen LogP contribution in [0.3, 0.4) is 0 Å². The third kappa shape index (κ3) is 4.65. The minimum atomic E-state index is -0.727. The number of rotatable bonds is 7. The molecule has 0 radical (unpaired) electrons. The smallest absolute Gasteiger partial charge is 0.243 e. The Kier molecular flexibility index (Phi) is 7.49. The SMILES string of the molecule is CCC[C@@H]1C=C[C@H]2[C@@H](C(=O)N([C@@H](CC)CO)[C@@H]2C(=O)NC(C)(C)C)[C@@H]1C(=O)NC. The molecule has 6 atom stereocenters. The summed E-state index contributed by atoms with van der Waals surface area (Å²) in [7, 11) is 1.59. The van der Waals surface area contributed by atoms with Crippen LogP contribution in [-0.4, -0.2) is 59.0 Å². The Balaban J connectivity index is 2.54. The van der Waals surface area contributed by atoms with E-state index in [1.54, 1.807) is 11.9 Å². The molecule has 0 saturated carbocycles. The summed E-state index contributed by atoms with van der Waals surface area (Å²) in [6.45, 7) is 9.42. The molecule has 2 aliphatic rings. The highest BCUT2D eigenvalue weighted by atomic mass is 16.3. The van der Waals surface area contributed by atoms with Crippen LogP contribution in [0.5, 0.6) is 0 Å². The zero-order chi connectivity index (χ0) is 21.9. The quantitative estimate of drug-likeness (QED) is 0.557. The van der Waals surface area contributed by atoms with Gasteiger partial charge in [-0.2, -0.15) is 0 Å². The molecule has 0 aromatic heterocycles. The van der Waals surface area contributed by atoms with Crippen molar-refractivity contribution < 1.29 is 19.5 Å². The van der Waals surface area contributed by atoms with Crippen LogP contribution in [-0.2, 0) is 14.4 Å². The van der Waals surface area contributed by atoms with Crippen LogP contribution in [0, 0.1) is 23.7 Å². The third-order valence-corrected chi connectivity index (χ3v) is 6.06. The molecule has 29 heavy (non-hydrogen) atoms. The highest BCUT2D eigenvalue weighted by Gasteiger charge is 2.58. The van der Waals surface area contributed by atoms with Gasteiger partial charge in [0.2, 0.25) is 17.7 Å². The molecule has 1 heterocycles. The van der Waals surface area contributed by atoms with Gasteiger partial charge in [-0.25, -0.2) is 0 Å². The number of carbonyl (C=O) groups excluding carboxylic acids is 3. The second-order valence-electron chi connectivity index (χ2n) is 9.25. The van der Waals surface area contributed by atoms with Gasteiger partial charge in [-0.15, -0.1) is 0 Å². The van der Waals surface area contributed by atoms with Crippen molar-refractivity contribution >= 4 is 17.7 Å². The van der Waals surface area contributed by atoms with Crippen LogP contribution in [0.4, 0.5) is 0 Å². The van der Waals surface area contributed by atoms with Crippen LogP contribution < -0.4 is 10.6 Å². The van der Waals surface area contributed by atoms with E-state index in [-0.39, 0.29) is 36.2 Å². The Hall–Kier alpha value is -1.89. The molecular formula is C22H37N3O4. The summed E-state index contributed by atoms with van der Waals surface area (Å²) in [4.78, 5) is 41.2. The van der Waals surface area contributed by atoms with Crippen LogP contribution >= 0.6 is 0 Å². The van der Waals surface area contributed by atoms with E-state index in [9.17, 15) is 19.5 Å². The number of nitrogens with one attached hydrogen (secondary N) is 2. The molecule has 7 nitrogen and oxygen atoms in total. The Morgan fingerprint density at radius 2 is 1.86 bits per heavy atom. The lowest BCUT2D eigenvalue weighted by Crippen LogP contribution is -2.55. The Morgan fingerprint density at radius 3 is 2.34 bits per heavy atom. The molecule has 3 amide bonds. The number of aliphatic hydroxyl groups is 1. The van der Waals surface area contributed by atoms with Gasteiger partial charge in [-0.3, -0.25) is 14.4 Å². The second kappa shape index (κ2) is 9.28. The summed E-state index contributed by atoms with van der Waals surface area (Å²) in [5, 5.41) is 15.6. The number of aliphatic hydroxyl groups excluding tert-OH is 1. The zero-order valence-electron chi connectivity index (χ0n) is 18.6. The molecule has 3 N–H and O–H groups in total. The maximum Gasteiger partial charge on any atom is 0.243 e. The van der Waals surface area contributed by atoms with Crippen molar-refractivity contribution in [2.24, 2.45) is 23.7 Å². The third-order valence-electron chi connectivity index (χ3n) is 6.06. The van der Waals surface area contributed by atoms with E-state index in [0.29, 0.717) is 6.42 Å². The van der Waals surface area contributed by atoms with Gasteiger partial charge in [0.05, 0.1) is 24.5 Å². The molecule has 0 unspecified atom stereocenters. The fraction of sp³-hybridized carbons (Fsp3) is 0.773. The van der Waals surface area contributed by atoms with E-state index in [4.69, 9.17) is 0 Å². The Morgan fingerprint density at radius 1 is 1.21 bits per heavy atom. The first-order valence-electron chi connectivity index (χ1n) is 10.8. The van der Waals surface area contributed by atoms with E-state index < -0.39 is 29.5 Å². The maximum atomic E-state index is 13.6. The number of amides is 3. The highest BCUT2D eigenvalue weighted by molar-refractivity contribution is 5.97. The average molecular weight is 408 g/mol. The molecule has 1 aliphatic carbocycles. The monoisotopic (exact) mass is 407 g/mol. The number of hydrogen-bond acceptors (Lipinski definition) is 4. The molecule has 1 saturated heterocycles. The molecule has 0 aromatic carbocycles. The van der Waals surface area contributed by atoms with Gasteiger partial charge in [-0.1, -0.05) is 32.4 Å². The van der Waals surface area contributed by atoms with E-state index in [2.05, 4.69) is 17.6 Å². The van der Waals surface area contributed by atoms with Crippen LogP contribution in [0.2, 0.25) is 0 Å². The molecular weight excluding hydrogens is 370 g/mol. The molecule has 1 aliphatic heterocycles. The standard InChI is InChI=1S/C22H37N3O4/c1-7-9-13-10-11-15-17(16(13)19(27)23-6)21(29)25(14(8-2)12-26)18(15)20(28)24-22(3,4)5/h10-11,13-18,26H,7-9,12H2,1-6H3,(H,23,27)(H,24,28)/t13-,14+,15+,16-,17-,18+/m1/s1.